The number of carboxylic acid groups (broad SMARTS) is 1. The fourth-order valence-electron chi connectivity index (χ4n) is 2.29. The van der Waals surface area contributed by atoms with Crippen molar-refractivity contribution in [3.05, 3.63) is 34.0 Å². The second-order valence-corrected chi connectivity index (χ2v) is 5.42. The Labute approximate surface area is 137 Å². The number of rotatable bonds is 6. The van der Waals surface area contributed by atoms with Crippen LogP contribution in [0, 0.1) is 0 Å². The molecule has 0 radical (unpaired) electrons. The molecule has 1 aromatic heterocycles. The Balaban J connectivity index is 1.95. The van der Waals surface area contributed by atoms with Crippen LogP contribution < -0.4 is 14.2 Å². The average molecular weight is 339 g/mol. The van der Waals surface area contributed by atoms with Crippen molar-refractivity contribution in [1.82, 2.24) is 10.2 Å². The van der Waals surface area contributed by atoms with Crippen LogP contribution in [0.1, 0.15) is 35.0 Å². The number of benzene rings is 1. The highest BCUT2D eigenvalue weighted by molar-refractivity contribution is 6.31. The number of aromatic nitrogens is 2. The minimum Gasteiger partial charge on any atom is -0.477 e. The van der Waals surface area contributed by atoms with Gasteiger partial charge in [0.2, 0.25) is 12.7 Å². The number of hydrogen-bond donors (Lipinski definition) is 2. The molecule has 8 heteroatoms. The quantitative estimate of drug-likeness (QED) is 0.841. The Hall–Kier alpha value is -2.41. The van der Waals surface area contributed by atoms with Gasteiger partial charge in [-0.05, 0) is 18.1 Å². The Morgan fingerprint density at radius 1 is 1.43 bits per heavy atom. The van der Waals surface area contributed by atoms with E-state index >= 15 is 0 Å². The maximum Gasteiger partial charge on any atom is 0.354 e. The fraction of sp³-hybridized carbons (Fsp3) is 0.333. The molecule has 0 amide bonds. The lowest BCUT2D eigenvalue weighted by Gasteiger charge is -2.08. The highest BCUT2D eigenvalue weighted by Gasteiger charge is 2.23. The maximum absolute atomic E-state index is 11.4. The van der Waals surface area contributed by atoms with Crippen molar-refractivity contribution in [1.29, 1.82) is 0 Å². The van der Waals surface area contributed by atoms with Crippen LogP contribution in [0.5, 0.6) is 17.4 Å². The molecule has 0 unspecified atom stereocenters. The zero-order valence-corrected chi connectivity index (χ0v) is 13.1. The number of halogens is 1. The summed E-state index contributed by atoms with van der Waals surface area (Å²) in [5.74, 6) is 0.335. The molecule has 2 N–H and O–H groups in total. The first-order valence-electron chi connectivity index (χ1n) is 7.11. The van der Waals surface area contributed by atoms with Crippen molar-refractivity contribution in [3.63, 3.8) is 0 Å². The molecule has 0 saturated carbocycles. The van der Waals surface area contributed by atoms with Crippen LogP contribution in [-0.2, 0) is 6.42 Å². The van der Waals surface area contributed by atoms with Gasteiger partial charge in [-0.15, -0.1) is 5.10 Å². The first-order chi connectivity index (χ1) is 11.1. The van der Waals surface area contributed by atoms with E-state index in [2.05, 4.69) is 10.2 Å². The first-order valence-corrected chi connectivity index (χ1v) is 7.49. The first kappa shape index (κ1) is 15.5. The van der Waals surface area contributed by atoms with E-state index in [1.165, 1.54) is 0 Å². The minimum absolute atomic E-state index is 0.00941. The molecule has 0 bridgehead atoms. The van der Waals surface area contributed by atoms with E-state index in [-0.39, 0.29) is 24.8 Å². The predicted octanol–water partition coefficient (Wildman–Crippen LogP) is 2.87. The summed E-state index contributed by atoms with van der Waals surface area (Å²) in [5.41, 5.74) is 1.15. The van der Waals surface area contributed by atoms with Gasteiger partial charge >= 0.3 is 5.97 Å². The highest BCUT2D eigenvalue weighted by Crippen LogP contribution is 2.38. The Morgan fingerprint density at radius 2 is 2.17 bits per heavy atom. The zero-order chi connectivity index (χ0) is 16.4. The molecule has 0 spiro atoms. The molecule has 0 atom stereocenters. The fourth-order valence-corrected chi connectivity index (χ4v) is 2.51. The van der Waals surface area contributed by atoms with Crippen molar-refractivity contribution < 1.29 is 24.1 Å². The van der Waals surface area contributed by atoms with Crippen LogP contribution in [0.2, 0.25) is 5.02 Å². The van der Waals surface area contributed by atoms with Gasteiger partial charge in [-0.25, -0.2) is 4.79 Å². The van der Waals surface area contributed by atoms with Gasteiger partial charge in [-0.1, -0.05) is 18.5 Å². The largest absolute Gasteiger partial charge is 0.477 e. The lowest BCUT2D eigenvalue weighted by molar-refractivity contribution is 0.0689. The Bertz CT molecular complexity index is 744. The smallest absolute Gasteiger partial charge is 0.354 e. The second kappa shape index (κ2) is 6.37. The van der Waals surface area contributed by atoms with Crippen LogP contribution in [0.4, 0.5) is 0 Å². The van der Waals surface area contributed by atoms with Gasteiger partial charge < -0.3 is 19.3 Å². The number of fused-ring (bicyclic) bond motifs is 1. The zero-order valence-electron chi connectivity index (χ0n) is 12.4. The van der Waals surface area contributed by atoms with Crippen molar-refractivity contribution in [2.45, 2.75) is 19.8 Å². The number of aromatic amines is 1. The third kappa shape index (κ3) is 3.05. The number of carbonyl (C=O) groups is 1. The second-order valence-electron chi connectivity index (χ2n) is 5.01. The van der Waals surface area contributed by atoms with Crippen molar-refractivity contribution in [3.8, 4) is 17.4 Å². The van der Waals surface area contributed by atoms with Crippen molar-refractivity contribution in [2.75, 3.05) is 13.4 Å². The van der Waals surface area contributed by atoms with Gasteiger partial charge in [0.05, 0.1) is 12.2 Å². The third-order valence-electron chi connectivity index (χ3n) is 3.39. The number of hydrogen-bond acceptors (Lipinski definition) is 5. The molecule has 1 aliphatic heterocycles. The van der Waals surface area contributed by atoms with E-state index in [4.69, 9.17) is 25.8 Å². The average Bonchev–Trinajstić information content (AvgIpc) is 3.12. The normalized spacial score (nSPS) is 12.4. The lowest BCUT2D eigenvalue weighted by Crippen LogP contribution is -2.04. The summed E-state index contributed by atoms with van der Waals surface area (Å²) >= 11 is 6.26. The number of carboxylic acids is 1. The monoisotopic (exact) mass is 338 g/mol. The number of H-pyrrole nitrogens is 1. The molecule has 0 fully saturated rings. The Kier molecular flexibility index (Phi) is 4.29. The molecule has 1 aromatic carbocycles. The maximum atomic E-state index is 11.4. The third-order valence-corrected chi connectivity index (χ3v) is 3.75. The molecule has 2 heterocycles. The molecular weight excluding hydrogens is 324 g/mol. The summed E-state index contributed by atoms with van der Waals surface area (Å²) < 4.78 is 16.1. The summed E-state index contributed by atoms with van der Waals surface area (Å²) in [6.45, 7) is 2.55. The summed E-state index contributed by atoms with van der Waals surface area (Å²) in [6.07, 6.45) is 1.05. The summed E-state index contributed by atoms with van der Waals surface area (Å²) in [7, 11) is 0. The molecule has 7 nitrogen and oxygen atoms in total. The number of aromatic carboxylic acids is 1. The molecule has 0 saturated heterocycles. The molecule has 122 valence electrons. The van der Waals surface area contributed by atoms with E-state index in [9.17, 15) is 9.90 Å². The van der Waals surface area contributed by atoms with E-state index in [0.717, 1.165) is 6.42 Å². The number of nitrogens with one attached hydrogen (secondary N) is 1. The van der Waals surface area contributed by atoms with E-state index in [0.29, 0.717) is 34.3 Å². The standard InChI is InChI=1S/C15H15ClN2O5/c1-2-3-21-14-9(13(15(19)20)17-18-14)4-8-5-11-12(6-10(8)16)23-7-22-11/h5-6H,2-4,7H2,1H3,(H,17,18)(H,19,20). The summed E-state index contributed by atoms with van der Waals surface area (Å²) in [6, 6.07) is 3.40. The van der Waals surface area contributed by atoms with Gasteiger partial charge in [0.15, 0.2) is 17.2 Å². The lowest BCUT2D eigenvalue weighted by atomic mass is 10.0. The molecule has 0 aliphatic carbocycles. The number of nitrogens with zero attached hydrogens (tertiary/aromatic N) is 1. The predicted molar refractivity (Wildman–Crippen MR) is 81.7 cm³/mol. The van der Waals surface area contributed by atoms with Gasteiger partial charge in [0.25, 0.3) is 0 Å². The van der Waals surface area contributed by atoms with Crippen LogP contribution in [0.15, 0.2) is 12.1 Å². The van der Waals surface area contributed by atoms with Gasteiger partial charge in [0, 0.05) is 17.5 Å². The van der Waals surface area contributed by atoms with Gasteiger partial charge in [0.1, 0.15) is 0 Å². The summed E-state index contributed by atoms with van der Waals surface area (Å²) in [4.78, 5) is 11.4. The van der Waals surface area contributed by atoms with Crippen molar-refractivity contribution >= 4 is 17.6 Å². The number of ether oxygens (including phenoxy) is 3. The van der Waals surface area contributed by atoms with Crippen LogP contribution in [-0.4, -0.2) is 34.7 Å². The van der Waals surface area contributed by atoms with Crippen LogP contribution in [0.3, 0.4) is 0 Å². The van der Waals surface area contributed by atoms with E-state index < -0.39 is 5.97 Å². The summed E-state index contributed by atoms with van der Waals surface area (Å²) in [5, 5.41) is 16.2. The van der Waals surface area contributed by atoms with Crippen LogP contribution in [0.25, 0.3) is 0 Å². The molecule has 23 heavy (non-hydrogen) atoms. The van der Waals surface area contributed by atoms with Crippen LogP contribution >= 0.6 is 11.6 Å². The SMILES string of the molecule is CCCOc1n[nH]c(C(=O)O)c1Cc1cc2c(cc1Cl)OCO2. The molecular formula is C15H15ClN2O5. The van der Waals surface area contributed by atoms with Gasteiger partial charge in [-0.2, -0.15) is 0 Å². The van der Waals surface area contributed by atoms with E-state index in [1.807, 2.05) is 6.92 Å². The highest BCUT2D eigenvalue weighted by atomic mass is 35.5. The minimum atomic E-state index is -1.10. The molecule has 2 aromatic rings. The molecule has 3 rings (SSSR count). The van der Waals surface area contributed by atoms with Crippen molar-refractivity contribution in [2.24, 2.45) is 0 Å². The topological polar surface area (TPSA) is 93.7 Å². The van der Waals surface area contributed by atoms with Gasteiger partial charge in [-0.3, -0.25) is 5.10 Å². The Morgan fingerprint density at radius 3 is 2.87 bits per heavy atom. The molecule has 1 aliphatic rings. The van der Waals surface area contributed by atoms with E-state index in [1.54, 1.807) is 12.1 Å².